The molecule has 1 aromatic heterocycles. The topological polar surface area (TPSA) is 45.2 Å². The van der Waals surface area contributed by atoms with Gasteiger partial charge in [-0.1, -0.05) is 13.0 Å². The van der Waals surface area contributed by atoms with Crippen molar-refractivity contribution in [3.8, 4) is 0 Å². The molecule has 4 heteroatoms. The second kappa shape index (κ2) is 5.96. The molecule has 1 aromatic rings. The molecule has 98 valence electrons. The summed E-state index contributed by atoms with van der Waals surface area (Å²) in [4.78, 5) is 18.6. The lowest BCUT2D eigenvalue weighted by Crippen LogP contribution is -2.50. The van der Waals surface area contributed by atoms with Crippen LogP contribution >= 0.6 is 0 Å². The number of hydrogen-bond donors (Lipinski definition) is 1. The molecule has 0 bridgehead atoms. The van der Waals surface area contributed by atoms with Crippen LogP contribution in [-0.2, 0) is 11.3 Å². The van der Waals surface area contributed by atoms with Crippen LogP contribution in [0, 0.1) is 6.92 Å². The van der Waals surface area contributed by atoms with Crippen LogP contribution in [0.4, 0.5) is 0 Å². The van der Waals surface area contributed by atoms with E-state index in [9.17, 15) is 4.79 Å². The first-order valence-corrected chi connectivity index (χ1v) is 6.65. The number of likely N-dealkylation sites (tertiary alicyclic amines) is 1. The van der Waals surface area contributed by atoms with Gasteiger partial charge >= 0.3 is 0 Å². The van der Waals surface area contributed by atoms with Gasteiger partial charge in [0.25, 0.3) is 0 Å². The van der Waals surface area contributed by atoms with Crippen LogP contribution in [0.3, 0.4) is 0 Å². The quantitative estimate of drug-likeness (QED) is 0.877. The van der Waals surface area contributed by atoms with Crippen molar-refractivity contribution in [3.63, 3.8) is 0 Å². The number of likely N-dealkylation sites (N-methyl/N-ethyl adjacent to an activating group) is 1. The molecule has 4 nitrogen and oxygen atoms in total. The van der Waals surface area contributed by atoms with Gasteiger partial charge in [-0.3, -0.25) is 9.78 Å². The average Bonchev–Trinajstić information content (AvgIpc) is 2.37. The first kappa shape index (κ1) is 13.0. The van der Waals surface area contributed by atoms with E-state index in [4.69, 9.17) is 0 Å². The predicted molar refractivity (Wildman–Crippen MR) is 71.1 cm³/mol. The third-order valence-corrected chi connectivity index (χ3v) is 3.44. The fraction of sp³-hybridized carbons (Fsp3) is 0.571. The van der Waals surface area contributed by atoms with Gasteiger partial charge in [0.2, 0.25) is 5.91 Å². The highest BCUT2D eigenvalue weighted by atomic mass is 16.2. The van der Waals surface area contributed by atoms with Crippen molar-refractivity contribution < 1.29 is 4.79 Å². The Kier molecular flexibility index (Phi) is 4.31. The minimum atomic E-state index is -0.00670. The van der Waals surface area contributed by atoms with Gasteiger partial charge in [-0.25, -0.2) is 0 Å². The van der Waals surface area contributed by atoms with Crippen molar-refractivity contribution in [2.75, 3.05) is 13.1 Å². The van der Waals surface area contributed by atoms with E-state index >= 15 is 0 Å². The average molecular weight is 247 g/mol. The monoisotopic (exact) mass is 247 g/mol. The first-order chi connectivity index (χ1) is 8.72. The molecule has 1 saturated heterocycles. The van der Waals surface area contributed by atoms with Gasteiger partial charge in [0, 0.05) is 12.7 Å². The van der Waals surface area contributed by atoms with Crippen LogP contribution in [0.2, 0.25) is 0 Å². The summed E-state index contributed by atoms with van der Waals surface area (Å²) in [7, 11) is 0. The van der Waals surface area contributed by atoms with E-state index in [1.807, 2.05) is 30.9 Å². The number of nitrogens with one attached hydrogen (secondary N) is 1. The number of carbonyl (C=O) groups is 1. The zero-order chi connectivity index (χ0) is 13.0. The Balaban J connectivity index is 2.05. The van der Waals surface area contributed by atoms with Crippen LogP contribution < -0.4 is 5.32 Å². The second-order valence-corrected chi connectivity index (χ2v) is 4.78. The molecule has 2 heterocycles. The Labute approximate surface area is 108 Å². The van der Waals surface area contributed by atoms with Gasteiger partial charge < -0.3 is 10.2 Å². The summed E-state index contributed by atoms with van der Waals surface area (Å²) < 4.78 is 0. The number of amides is 1. The number of carbonyl (C=O) groups excluding carboxylic acids is 1. The fourth-order valence-electron chi connectivity index (χ4n) is 2.40. The number of hydrogen-bond acceptors (Lipinski definition) is 3. The van der Waals surface area contributed by atoms with Crippen molar-refractivity contribution in [2.45, 2.75) is 39.3 Å². The van der Waals surface area contributed by atoms with Gasteiger partial charge in [-0.05, 0) is 37.9 Å². The van der Waals surface area contributed by atoms with E-state index < -0.39 is 0 Å². The maximum Gasteiger partial charge on any atom is 0.240 e. The van der Waals surface area contributed by atoms with Gasteiger partial charge in [-0.15, -0.1) is 0 Å². The number of pyridine rings is 1. The van der Waals surface area contributed by atoms with E-state index in [-0.39, 0.29) is 11.9 Å². The Bertz CT molecular complexity index is 417. The normalized spacial score (nSPS) is 20.2. The Morgan fingerprint density at radius 3 is 3.11 bits per heavy atom. The minimum Gasteiger partial charge on any atom is -0.335 e. The van der Waals surface area contributed by atoms with Crippen LogP contribution in [0.5, 0.6) is 0 Å². The third kappa shape index (κ3) is 2.88. The van der Waals surface area contributed by atoms with Crippen molar-refractivity contribution >= 4 is 5.91 Å². The summed E-state index contributed by atoms with van der Waals surface area (Å²) in [6.07, 6.45) is 3.80. The summed E-state index contributed by atoms with van der Waals surface area (Å²) in [6, 6.07) is 3.96. The van der Waals surface area contributed by atoms with Crippen LogP contribution in [0.1, 0.15) is 31.0 Å². The van der Waals surface area contributed by atoms with Crippen LogP contribution in [-0.4, -0.2) is 34.9 Å². The summed E-state index contributed by atoms with van der Waals surface area (Å²) in [5.41, 5.74) is 2.15. The number of rotatable bonds is 4. The van der Waals surface area contributed by atoms with Crippen molar-refractivity contribution in [3.05, 3.63) is 29.6 Å². The lowest BCUT2D eigenvalue weighted by molar-refractivity contribution is -0.136. The van der Waals surface area contributed by atoms with E-state index in [0.29, 0.717) is 6.54 Å². The van der Waals surface area contributed by atoms with E-state index in [2.05, 4.69) is 10.3 Å². The maximum atomic E-state index is 12.3. The highest BCUT2D eigenvalue weighted by Gasteiger charge is 2.28. The largest absolute Gasteiger partial charge is 0.335 e. The number of nitrogens with zero attached hydrogens (tertiary/aromatic N) is 2. The molecule has 0 aliphatic carbocycles. The predicted octanol–water partition coefficient (Wildman–Crippen LogP) is 1.49. The summed E-state index contributed by atoms with van der Waals surface area (Å²) in [5, 5.41) is 3.25. The van der Waals surface area contributed by atoms with Gasteiger partial charge in [-0.2, -0.15) is 0 Å². The molecular weight excluding hydrogens is 226 g/mol. The van der Waals surface area contributed by atoms with Gasteiger partial charge in [0.1, 0.15) is 0 Å². The lowest BCUT2D eigenvalue weighted by atomic mass is 10.0. The van der Waals surface area contributed by atoms with Crippen LogP contribution in [0.15, 0.2) is 18.3 Å². The summed E-state index contributed by atoms with van der Waals surface area (Å²) >= 11 is 0. The first-order valence-electron chi connectivity index (χ1n) is 6.65. The van der Waals surface area contributed by atoms with E-state index in [0.717, 1.165) is 37.2 Å². The maximum absolute atomic E-state index is 12.3. The molecule has 18 heavy (non-hydrogen) atoms. The molecule has 1 fully saturated rings. The highest BCUT2D eigenvalue weighted by Crippen LogP contribution is 2.15. The molecule has 0 aromatic carbocycles. The molecule has 0 saturated carbocycles. The standard InChI is InChI=1S/C14H21N3O/c1-3-15-12-7-5-9-17(14(12)18)10-13-11(2)6-4-8-16-13/h4,6,8,12,15H,3,5,7,9-10H2,1-2H3. The van der Waals surface area contributed by atoms with E-state index in [1.165, 1.54) is 0 Å². The second-order valence-electron chi connectivity index (χ2n) is 4.78. The molecule has 1 amide bonds. The third-order valence-electron chi connectivity index (χ3n) is 3.44. The summed E-state index contributed by atoms with van der Waals surface area (Å²) in [5.74, 6) is 0.216. The zero-order valence-corrected chi connectivity index (χ0v) is 11.1. The van der Waals surface area contributed by atoms with Crippen molar-refractivity contribution in [2.24, 2.45) is 0 Å². The highest BCUT2D eigenvalue weighted by molar-refractivity contribution is 5.82. The van der Waals surface area contributed by atoms with E-state index in [1.54, 1.807) is 6.20 Å². The zero-order valence-electron chi connectivity index (χ0n) is 11.1. The SMILES string of the molecule is CCNC1CCCN(Cc2ncccc2C)C1=O. The Morgan fingerprint density at radius 1 is 1.56 bits per heavy atom. The van der Waals surface area contributed by atoms with Gasteiger partial charge in [0.05, 0.1) is 18.3 Å². The molecular formula is C14H21N3O. The molecule has 2 rings (SSSR count). The lowest BCUT2D eigenvalue weighted by Gasteiger charge is -2.32. The number of piperidine rings is 1. The Morgan fingerprint density at radius 2 is 2.39 bits per heavy atom. The molecule has 1 aliphatic heterocycles. The van der Waals surface area contributed by atoms with Crippen molar-refractivity contribution in [1.82, 2.24) is 15.2 Å². The molecule has 0 radical (unpaired) electrons. The molecule has 1 N–H and O–H groups in total. The molecule has 1 atom stereocenters. The number of aryl methyl sites for hydroxylation is 1. The molecule has 0 spiro atoms. The minimum absolute atomic E-state index is 0.00670. The molecule has 1 aliphatic rings. The molecule has 1 unspecified atom stereocenters. The fourth-order valence-corrected chi connectivity index (χ4v) is 2.40. The van der Waals surface area contributed by atoms with Crippen molar-refractivity contribution in [1.29, 1.82) is 0 Å². The summed E-state index contributed by atoms with van der Waals surface area (Å²) in [6.45, 7) is 6.39. The van der Waals surface area contributed by atoms with Gasteiger partial charge in [0.15, 0.2) is 0 Å². The Hall–Kier alpha value is -1.42. The smallest absolute Gasteiger partial charge is 0.240 e. The van der Waals surface area contributed by atoms with Crippen LogP contribution in [0.25, 0.3) is 0 Å². The number of aromatic nitrogens is 1.